The van der Waals surface area contributed by atoms with Crippen molar-refractivity contribution in [3.8, 4) is 0 Å². The van der Waals surface area contributed by atoms with Crippen molar-refractivity contribution >= 4 is 17.9 Å². The van der Waals surface area contributed by atoms with Crippen molar-refractivity contribution in [2.45, 2.75) is 105 Å². The molecule has 6 nitrogen and oxygen atoms in total. The quantitative estimate of drug-likeness (QED) is 0.246. The number of hydrogen-bond donors (Lipinski definition) is 0. The topological polar surface area (TPSA) is 78.9 Å². The Hall–Kier alpha value is -1.85. The zero-order valence-corrected chi connectivity index (χ0v) is 23.1. The van der Waals surface area contributed by atoms with Crippen molar-refractivity contribution in [1.82, 2.24) is 0 Å². The molecule has 0 aromatic heterocycles. The van der Waals surface area contributed by atoms with E-state index in [-0.39, 0.29) is 40.9 Å². The normalized spacial score (nSPS) is 41.9. The molecule has 36 heavy (non-hydrogen) atoms. The van der Waals surface area contributed by atoms with Crippen LogP contribution in [0.25, 0.3) is 0 Å². The van der Waals surface area contributed by atoms with E-state index >= 15 is 0 Å². The molecule has 0 heterocycles. The summed E-state index contributed by atoms with van der Waals surface area (Å²) in [4.78, 5) is 35.9. The Kier molecular flexibility index (Phi) is 7.92. The van der Waals surface area contributed by atoms with Gasteiger partial charge in [-0.2, -0.15) is 0 Å². The maximum Gasteiger partial charge on any atom is 0.305 e. The SMILES string of the molecule is CCOC(=O)CC[C@@H](C)[C@H]1CC[C@H]2[C@@H]3C=C[C@@H]4C[C@H](OC(C)=O)CC[C@]4(C)[C@H]3C[C@H](OC(C)=O)[C@]12C. The third-order valence-electron chi connectivity index (χ3n) is 10.7. The minimum atomic E-state index is -0.199. The molecular weight excluding hydrogens is 456 g/mol. The molecule has 0 radical (unpaired) electrons. The second kappa shape index (κ2) is 10.5. The highest BCUT2D eigenvalue weighted by Crippen LogP contribution is 2.67. The van der Waals surface area contributed by atoms with Crippen LogP contribution in [0.2, 0.25) is 0 Å². The van der Waals surface area contributed by atoms with Crippen molar-refractivity contribution in [3.05, 3.63) is 12.2 Å². The third kappa shape index (κ3) is 4.86. The summed E-state index contributed by atoms with van der Waals surface area (Å²) in [7, 11) is 0. The van der Waals surface area contributed by atoms with Crippen molar-refractivity contribution in [3.63, 3.8) is 0 Å². The van der Waals surface area contributed by atoms with Crippen LogP contribution in [-0.2, 0) is 28.6 Å². The van der Waals surface area contributed by atoms with Gasteiger partial charge in [0, 0.05) is 25.7 Å². The number of esters is 3. The van der Waals surface area contributed by atoms with Crippen LogP contribution in [0, 0.1) is 46.3 Å². The van der Waals surface area contributed by atoms with E-state index in [1.54, 1.807) is 0 Å². The molecule has 0 aromatic rings. The largest absolute Gasteiger partial charge is 0.466 e. The molecule has 4 rings (SSSR count). The smallest absolute Gasteiger partial charge is 0.305 e. The highest BCUT2D eigenvalue weighted by molar-refractivity contribution is 5.69. The summed E-state index contributed by atoms with van der Waals surface area (Å²) in [6, 6.07) is 0. The lowest BCUT2D eigenvalue weighted by Gasteiger charge is -2.61. The standard InChI is InChI=1S/C30H46O6/c1-7-34-28(33)13-8-18(2)24-11-12-25-23-10-9-21-16-22(35-19(3)31)14-15-29(21,5)26(23)17-27(30(24,25)6)36-20(4)32/h9-10,18,21-27H,7-8,11-17H2,1-6H3/t18-,21-,22-,23+,24-,25+,26+,27+,29+,30-/m1/s1. The number of rotatable bonds is 7. The maximum absolute atomic E-state index is 12.3. The molecule has 0 N–H and O–H groups in total. The van der Waals surface area contributed by atoms with Crippen molar-refractivity contribution in [1.29, 1.82) is 0 Å². The van der Waals surface area contributed by atoms with E-state index < -0.39 is 0 Å². The van der Waals surface area contributed by atoms with E-state index in [1.807, 2.05) is 6.92 Å². The van der Waals surface area contributed by atoms with Crippen LogP contribution < -0.4 is 0 Å². The Morgan fingerprint density at radius 1 is 0.972 bits per heavy atom. The van der Waals surface area contributed by atoms with Gasteiger partial charge in [0.05, 0.1) is 6.61 Å². The summed E-state index contributed by atoms with van der Waals surface area (Å²) in [6.45, 7) is 12.3. The minimum Gasteiger partial charge on any atom is -0.466 e. The minimum absolute atomic E-state index is 0.00370. The van der Waals surface area contributed by atoms with Gasteiger partial charge in [0.25, 0.3) is 0 Å². The van der Waals surface area contributed by atoms with Crippen LogP contribution in [-0.4, -0.2) is 36.7 Å². The first-order chi connectivity index (χ1) is 17.0. The number of carbonyl (C=O) groups is 3. The van der Waals surface area contributed by atoms with Gasteiger partial charge >= 0.3 is 17.9 Å². The number of fused-ring (bicyclic) bond motifs is 5. The van der Waals surface area contributed by atoms with Crippen LogP contribution in [0.1, 0.15) is 92.9 Å². The fourth-order valence-corrected chi connectivity index (χ4v) is 8.98. The summed E-state index contributed by atoms with van der Waals surface area (Å²) in [5.41, 5.74) is 0.00675. The second-order valence-corrected chi connectivity index (χ2v) is 12.5. The molecule has 0 aromatic carbocycles. The Bertz CT molecular complexity index is 881. The van der Waals surface area contributed by atoms with E-state index in [2.05, 4.69) is 32.9 Å². The molecule has 0 saturated heterocycles. The number of ether oxygens (including phenoxy) is 3. The molecule has 0 spiro atoms. The first-order valence-corrected chi connectivity index (χ1v) is 14.2. The Morgan fingerprint density at radius 2 is 1.69 bits per heavy atom. The van der Waals surface area contributed by atoms with Crippen LogP contribution in [0.3, 0.4) is 0 Å². The molecule has 3 fully saturated rings. The first-order valence-electron chi connectivity index (χ1n) is 14.2. The molecule has 4 aliphatic rings. The van der Waals surface area contributed by atoms with Crippen LogP contribution in [0.4, 0.5) is 0 Å². The van der Waals surface area contributed by atoms with E-state index in [0.29, 0.717) is 48.5 Å². The zero-order chi connectivity index (χ0) is 26.3. The van der Waals surface area contributed by atoms with E-state index in [1.165, 1.54) is 13.8 Å². The van der Waals surface area contributed by atoms with Gasteiger partial charge in [-0.25, -0.2) is 0 Å². The van der Waals surface area contributed by atoms with Gasteiger partial charge in [-0.05, 0) is 92.8 Å². The summed E-state index contributed by atoms with van der Waals surface area (Å²) in [6.07, 6.45) is 11.9. The molecular formula is C30H46O6. The highest BCUT2D eigenvalue weighted by atomic mass is 16.5. The lowest BCUT2D eigenvalue weighted by molar-refractivity contribution is -0.183. The zero-order valence-electron chi connectivity index (χ0n) is 23.1. The van der Waals surface area contributed by atoms with Gasteiger partial charge in [-0.1, -0.05) is 32.9 Å². The van der Waals surface area contributed by atoms with Crippen LogP contribution >= 0.6 is 0 Å². The molecule has 0 aliphatic heterocycles. The average Bonchev–Trinajstić information content (AvgIpc) is 3.16. The van der Waals surface area contributed by atoms with Gasteiger partial charge in [-0.3, -0.25) is 14.4 Å². The van der Waals surface area contributed by atoms with Gasteiger partial charge in [0.1, 0.15) is 12.2 Å². The summed E-state index contributed by atoms with van der Waals surface area (Å²) < 4.78 is 17.0. The first kappa shape index (κ1) is 27.2. The molecule has 0 bridgehead atoms. The lowest BCUT2D eigenvalue weighted by Crippen LogP contribution is -2.58. The van der Waals surface area contributed by atoms with Crippen LogP contribution in [0.15, 0.2) is 12.2 Å². The molecule has 0 unspecified atom stereocenters. The van der Waals surface area contributed by atoms with Gasteiger partial charge in [0.15, 0.2) is 0 Å². The Morgan fingerprint density at radius 3 is 2.36 bits per heavy atom. The summed E-state index contributed by atoms with van der Waals surface area (Å²) in [5.74, 6) is 1.99. The lowest BCUT2D eigenvalue weighted by atomic mass is 9.45. The van der Waals surface area contributed by atoms with Gasteiger partial charge in [-0.15, -0.1) is 0 Å². The van der Waals surface area contributed by atoms with Gasteiger partial charge < -0.3 is 14.2 Å². The molecule has 10 atom stereocenters. The average molecular weight is 503 g/mol. The van der Waals surface area contributed by atoms with E-state index in [4.69, 9.17) is 14.2 Å². The predicted octanol–water partition coefficient (Wildman–Crippen LogP) is 5.87. The molecule has 0 amide bonds. The highest BCUT2D eigenvalue weighted by Gasteiger charge is 2.64. The molecule has 202 valence electrons. The molecule has 3 saturated carbocycles. The van der Waals surface area contributed by atoms with Crippen molar-refractivity contribution in [2.24, 2.45) is 46.3 Å². The number of hydrogen-bond acceptors (Lipinski definition) is 6. The Labute approximate surface area is 216 Å². The summed E-state index contributed by atoms with van der Waals surface area (Å²) >= 11 is 0. The predicted molar refractivity (Wildman–Crippen MR) is 137 cm³/mol. The monoisotopic (exact) mass is 502 g/mol. The van der Waals surface area contributed by atoms with Gasteiger partial charge in [0.2, 0.25) is 0 Å². The molecule has 6 heteroatoms. The van der Waals surface area contributed by atoms with E-state index in [9.17, 15) is 14.4 Å². The Balaban J connectivity index is 1.59. The fraction of sp³-hybridized carbons (Fsp3) is 0.833. The van der Waals surface area contributed by atoms with Crippen molar-refractivity contribution in [2.75, 3.05) is 6.61 Å². The maximum atomic E-state index is 12.3. The van der Waals surface area contributed by atoms with Crippen molar-refractivity contribution < 1.29 is 28.6 Å². The van der Waals surface area contributed by atoms with Crippen LogP contribution in [0.5, 0.6) is 0 Å². The number of allylic oxidation sites excluding steroid dienone is 2. The second-order valence-electron chi connectivity index (χ2n) is 12.5. The third-order valence-corrected chi connectivity index (χ3v) is 10.7. The fourth-order valence-electron chi connectivity index (χ4n) is 8.98. The summed E-state index contributed by atoms with van der Waals surface area (Å²) in [5, 5.41) is 0. The number of carbonyl (C=O) groups excluding carboxylic acids is 3. The molecule has 4 aliphatic carbocycles. The van der Waals surface area contributed by atoms with E-state index in [0.717, 1.165) is 44.9 Å².